The summed E-state index contributed by atoms with van der Waals surface area (Å²) in [7, 11) is 2.08. The molecule has 1 aliphatic heterocycles. The Balaban J connectivity index is 1.82. The normalized spacial score (nSPS) is 19.1. The maximum absolute atomic E-state index is 12.4. The molecular weight excluding hydrogens is 288 g/mol. The molecule has 2 heterocycles. The summed E-state index contributed by atoms with van der Waals surface area (Å²) in [5, 5.41) is 1.30. The molecule has 1 fully saturated rings. The van der Waals surface area contributed by atoms with Crippen LogP contribution in [0.5, 0.6) is 0 Å². The molecule has 0 spiro atoms. The van der Waals surface area contributed by atoms with Crippen LogP contribution in [0.3, 0.4) is 0 Å². The number of para-hydroxylation sites is 1. The molecule has 1 aliphatic rings. The van der Waals surface area contributed by atoms with Gasteiger partial charge in [-0.25, -0.2) is 4.79 Å². The molecule has 0 bridgehead atoms. The molecular formula is C19H26N2O2. The zero-order chi connectivity index (χ0) is 16.6. The molecule has 0 N–H and O–H groups in total. The fourth-order valence-electron chi connectivity index (χ4n) is 3.42. The molecule has 1 aromatic carbocycles. The van der Waals surface area contributed by atoms with E-state index < -0.39 is 5.60 Å². The summed E-state index contributed by atoms with van der Waals surface area (Å²) in [5.74, 6) is 0.377. The summed E-state index contributed by atoms with van der Waals surface area (Å²) in [5.41, 5.74) is 2.15. The number of hydrogen-bond donors (Lipinski definition) is 0. The van der Waals surface area contributed by atoms with E-state index in [2.05, 4.69) is 42.1 Å². The Morgan fingerprint density at radius 1 is 1.26 bits per heavy atom. The molecule has 0 saturated carbocycles. The highest BCUT2D eigenvalue weighted by Gasteiger charge is 2.29. The predicted octanol–water partition coefficient (Wildman–Crippen LogP) is 4.29. The molecule has 1 unspecified atom stereocenters. The van der Waals surface area contributed by atoms with Crippen LogP contribution in [-0.4, -0.2) is 34.3 Å². The molecule has 1 atom stereocenters. The summed E-state index contributed by atoms with van der Waals surface area (Å²) >= 11 is 0. The number of fused-ring (bicyclic) bond motifs is 1. The molecule has 4 heteroatoms. The Morgan fingerprint density at radius 3 is 2.74 bits per heavy atom. The number of carbonyl (C=O) groups is 1. The minimum Gasteiger partial charge on any atom is -0.444 e. The highest BCUT2D eigenvalue weighted by atomic mass is 16.6. The van der Waals surface area contributed by atoms with E-state index in [1.807, 2.05) is 25.7 Å². The van der Waals surface area contributed by atoms with Gasteiger partial charge in [-0.2, -0.15) is 0 Å². The van der Waals surface area contributed by atoms with E-state index in [4.69, 9.17) is 4.74 Å². The highest BCUT2D eigenvalue weighted by Crippen LogP contribution is 2.33. The second-order valence-corrected chi connectivity index (χ2v) is 7.48. The smallest absolute Gasteiger partial charge is 0.410 e. The van der Waals surface area contributed by atoms with Gasteiger partial charge < -0.3 is 14.2 Å². The molecule has 124 valence electrons. The van der Waals surface area contributed by atoms with E-state index >= 15 is 0 Å². The largest absolute Gasteiger partial charge is 0.444 e. The van der Waals surface area contributed by atoms with Gasteiger partial charge in [0, 0.05) is 43.2 Å². The zero-order valence-corrected chi connectivity index (χ0v) is 14.5. The molecule has 4 nitrogen and oxygen atoms in total. The van der Waals surface area contributed by atoms with Gasteiger partial charge in [0.15, 0.2) is 0 Å². The van der Waals surface area contributed by atoms with Crippen molar-refractivity contribution in [3.05, 3.63) is 36.0 Å². The van der Waals surface area contributed by atoms with Crippen molar-refractivity contribution in [2.75, 3.05) is 13.1 Å². The number of aromatic nitrogens is 1. The first-order valence-corrected chi connectivity index (χ1v) is 8.37. The number of amides is 1. The Hall–Kier alpha value is -1.97. The summed E-state index contributed by atoms with van der Waals surface area (Å²) in [6.07, 6.45) is 4.16. The van der Waals surface area contributed by atoms with Gasteiger partial charge in [0.25, 0.3) is 0 Å². The Kier molecular flexibility index (Phi) is 4.09. The highest BCUT2D eigenvalue weighted by molar-refractivity contribution is 5.84. The number of rotatable bonds is 1. The lowest BCUT2D eigenvalue weighted by atomic mass is 9.90. The van der Waals surface area contributed by atoms with E-state index in [1.165, 1.54) is 16.5 Å². The van der Waals surface area contributed by atoms with Gasteiger partial charge >= 0.3 is 6.09 Å². The molecule has 1 amide bonds. The minimum atomic E-state index is -0.441. The van der Waals surface area contributed by atoms with E-state index in [0.717, 1.165) is 25.9 Å². The Labute approximate surface area is 138 Å². The number of benzene rings is 1. The number of hydrogen-bond acceptors (Lipinski definition) is 2. The molecule has 23 heavy (non-hydrogen) atoms. The quantitative estimate of drug-likeness (QED) is 0.787. The first-order chi connectivity index (χ1) is 10.8. The van der Waals surface area contributed by atoms with Gasteiger partial charge in [0.05, 0.1) is 0 Å². The van der Waals surface area contributed by atoms with Crippen molar-refractivity contribution in [3.63, 3.8) is 0 Å². The second kappa shape index (κ2) is 5.91. The predicted molar refractivity (Wildman–Crippen MR) is 92.7 cm³/mol. The van der Waals surface area contributed by atoms with Crippen molar-refractivity contribution in [2.24, 2.45) is 7.05 Å². The fourth-order valence-corrected chi connectivity index (χ4v) is 3.42. The maximum Gasteiger partial charge on any atom is 0.410 e. The minimum absolute atomic E-state index is 0.192. The number of aryl methyl sites for hydroxylation is 1. The van der Waals surface area contributed by atoms with Gasteiger partial charge in [-0.05, 0) is 45.2 Å². The van der Waals surface area contributed by atoms with Crippen LogP contribution in [0.25, 0.3) is 10.9 Å². The van der Waals surface area contributed by atoms with Gasteiger partial charge in [-0.3, -0.25) is 0 Å². The standard InChI is InChI=1S/C19H26N2O2/c1-19(2,3)23-18(22)21-11-7-8-14(12-21)16-13-20(4)17-10-6-5-9-15(16)17/h5-6,9-10,13-14H,7-8,11-12H2,1-4H3. The molecule has 1 aromatic heterocycles. The van der Waals surface area contributed by atoms with Crippen molar-refractivity contribution < 1.29 is 9.53 Å². The molecule has 2 aromatic rings. The Morgan fingerprint density at radius 2 is 2.00 bits per heavy atom. The summed E-state index contributed by atoms with van der Waals surface area (Å²) in [6, 6.07) is 8.48. The number of carbonyl (C=O) groups excluding carboxylic acids is 1. The lowest BCUT2D eigenvalue weighted by molar-refractivity contribution is 0.0198. The maximum atomic E-state index is 12.4. The van der Waals surface area contributed by atoms with Crippen LogP contribution in [0.4, 0.5) is 4.79 Å². The van der Waals surface area contributed by atoms with Crippen molar-refractivity contribution in [3.8, 4) is 0 Å². The third-order valence-corrected chi connectivity index (χ3v) is 4.44. The van der Waals surface area contributed by atoms with Crippen molar-refractivity contribution >= 4 is 17.0 Å². The number of ether oxygens (including phenoxy) is 1. The van der Waals surface area contributed by atoms with Crippen LogP contribution in [-0.2, 0) is 11.8 Å². The van der Waals surface area contributed by atoms with Crippen LogP contribution < -0.4 is 0 Å². The molecule has 3 rings (SSSR count). The van der Waals surface area contributed by atoms with Crippen molar-refractivity contribution in [1.29, 1.82) is 0 Å². The number of nitrogens with zero attached hydrogens (tertiary/aromatic N) is 2. The molecule has 1 saturated heterocycles. The zero-order valence-electron chi connectivity index (χ0n) is 14.5. The SMILES string of the molecule is Cn1cc(C2CCCN(C(=O)OC(C)(C)C)C2)c2ccccc21. The molecule has 0 radical (unpaired) electrons. The fraction of sp³-hybridized carbons (Fsp3) is 0.526. The summed E-state index contributed by atoms with van der Waals surface area (Å²) in [4.78, 5) is 14.2. The third-order valence-electron chi connectivity index (χ3n) is 4.44. The van der Waals surface area contributed by atoms with E-state index in [1.54, 1.807) is 0 Å². The van der Waals surface area contributed by atoms with Gasteiger partial charge in [0.1, 0.15) is 5.60 Å². The third kappa shape index (κ3) is 3.36. The van der Waals surface area contributed by atoms with Gasteiger partial charge in [-0.15, -0.1) is 0 Å². The number of likely N-dealkylation sites (tertiary alicyclic amines) is 1. The van der Waals surface area contributed by atoms with E-state index in [-0.39, 0.29) is 6.09 Å². The second-order valence-electron chi connectivity index (χ2n) is 7.48. The Bertz CT molecular complexity index is 712. The van der Waals surface area contributed by atoms with Crippen LogP contribution in [0.2, 0.25) is 0 Å². The lowest BCUT2D eigenvalue weighted by Gasteiger charge is -2.34. The van der Waals surface area contributed by atoms with E-state index in [9.17, 15) is 4.79 Å². The van der Waals surface area contributed by atoms with Crippen LogP contribution >= 0.6 is 0 Å². The summed E-state index contributed by atoms with van der Waals surface area (Å²) in [6.45, 7) is 7.27. The van der Waals surface area contributed by atoms with Crippen molar-refractivity contribution in [1.82, 2.24) is 9.47 Å². The first-order valence-electron chi connectivity index (χ1n) is 8.37. The summed E-state index contributed by atoms with van der Waals surface area (Å²) < 4.78 is 7.71. The topological polar surface area (TPSA) is 34.5 Å². The average Bonchev–Trinajstić information content (AvgIpc) is 2.83. The monoisotopic (exact) mass is 314 g/mol. The first kappa shape index (κ1) is 15.9. The van der Waals surface area contributed by atoms with Crippen LogP contribution in [0.15, 0.2) is 30.5 Å². The van der Waals surface area contributed by atoms with Crippen LogP contribution in [0.1, 0.15) is 45.1 Å². The van der Waals surface area contributed by atoms with Gasteiger partial charge in [-0.1, -0.05) is 18.2 Å². The van der Waals surface area contributed by atoms with E-state index in [0.29, 0.717) is 5.92 Å². The van der Waals surface area contributed by atoms with Crippen molar-refractivity contribution in [2.45, 2.75) is 45.1 Å². The lowest BCUT2D eigenvalue weighted by Crippen LogP contribution is -2.42. The van der Waals surface area contributed by atoms with Gasteiger partial charge in [0.2, 0.25) is 0 Å². The van der Waals surface area contributed by atoms with Crippen LogP contribution in [0, 0.1) is 0 Å². The average molecular weight is 314 g/mol. The number of piperidine rings is 1. The molecule has 0 aliphatic carbocycles.